The number of carbonyl (C=O) groups is 1. The molecule has 0 aromatic heterocycles. The molecule has 0 unspecified atom stereocenters. The third-order valence-electron chi connectivity index (χ3n) is 2.91. The largest absolute Gasteiger partial charge is 0.384 e. The summed E-state index contributed by atoms with van der Waals surface area (Å²) in [4.78, 5) is 11.7. The Labute approximate surface area is 116 Å². The molecule has 0 aliphatic carbocycles. The Bertz CT molecular complexity index is 433. The van der Waals surface area contributed by atoms with Crippen LogP contribution < -0.4 is 10.6 Å². The van der Waals surface area contributed by atoms with Crippen LogP contribution in [0, 0.1) is 6.92 Å². The highest BCUT2D eigenvalue weighted by Gasteiger charge is 2.13. The minimum atomic E-state index is -0.158. The molecule has 2 N–H and O–H groups in total. The van der Waals surface area contributed by atoms with Gasteiger partial charge in [0.05, 0.1) is 0 Å². The van der Waals surface area contributed by atoms with E-state index in [4.69, 9.17) is 0 Å². The molecule has 0 heterocycles. The number of amides is 1. The molecule has 1 aromatic carbocycles. The summed E-state index contributed by atoms with van der Waals surface area (Å²) in [6, 6.07) is 6.30. The third-order valence-corrected chi connectivity index (χ3v) is 2.91. The predicted octanol–water partition coefficient (Wildman–Crippen LogP) is 3.27. The number of para-hydroxylation sites is 1. The average molecular weight is 262 g/mol. The molecule has 0 aliphatic heterocycles. The average Bonchev–Trinajstić information content (AvgIpc) is 2.28. The van der Waals surface area contributed by atoms with Crippen LogP contribution >= 0.6 is 0 Å². The van der Waals surface area contributed by atoms with Crippen LogP contribution in [0.1, 0.15) is 45.2 Å². The summed E-state index contributed by atoms with van der Waals surface area (Å²) in [5.74, 6) is 0.0895. The second-order valence-electron chi connectivity index (χ2n) is 5.94. The first-order chi connectivity index (χ1) is 8.83. The van der Waals surface area contributed by atoms with Gasteiger partial charge in [-0.25, -0.2) is 0 Å². The van der Waals surface area contributed by atoms with E-state index < -0.39 is 0 Å². The van der Waals surface area contributed by atoms with Crippen LogP contribution in [0.25, 0.3) is 0 Å². The van der Waals surface area contributed by atoms with Crippen LogP contribution in [-0.4, -0.2) is 18.0 Å². The summed E-state index contributed by atoms with van der Waals surface area (Å²) in [5, 5.41) is 6.36. The van der Waals surface area contributed by atoms with Crippen LogP contribution in [0.4, 0.5) is 5.69 Å². The van der Waals surface area contributed by atoms with Crippen molar-refractivity contribution in [3.63, 3.8) is 0 Å². The minimum Gasteiger partial charge on any atom is -0.384 e. The van der Waals surface area contributed by atoms with Crippen molar-refractivity contribution in [2.45, 2.75) is 53.0 Å². The molecule has 1 rings (SSSR count). The van der Waals surface area contributed by atoms with Crippen LogP contribution in [0.3, 0.4) is 0 Å². The van der Waals surface area contributed by atoms with Gasteiger partial charge in [-0.1, -0.05) is 25.1 Å². The second kappa shape index (κ2) is 6.60. The summed E-state index contributed by atoms with van der Waals surface area (Å²) < 4.78 is 0. The van der Waals surface area contributed by atoms with E-state index in [1.807, 2.05) is 20.8 Å². The van der Waals surface area contributed by atoms with E-state index in [0.717, 1.165) is 6.42 Å². The number of aryl methyl sites for hydroxylation is 2. The number of benzene rings is 1. The Hall–Kier alpha value is -1.51. The van der Waals surface area contributed by atoms with Crippen LogP contribution in [0.15, 0.2) is 18.2 Å². The SMILES string of the molecule is CCc1cccc(C)c1NCCC(=O)NC(C)(C)C. The van der Waals surface area contributed by atoms with Gasteiger partial charge in [0.2, 0.25) is 5.91 Å². The first-order valence-corrected chi connectivity index (χ1v) is 6.97. The first kappa shape index (κ1) is 15.5. The molecular weight excluding hydrogens is 236 g/mol. The molecule has 0 spiro atoms. The van der Waals surface area contributed by atoms with Gasteiger partial charge in [-0.2, -0.15) is 0 Å². The van der Waals surface area contributed by atoms with Crippen molar-refractivity contribution in [2.24, 2.45) is 0 Å². The number of nitrogens with one attached hydrogen (secondary N) is 2. The minimum absolute atomic E-state index is 0.0895. The molecular formula is C16H26N2O. The zero-order valence-electron chi connectivity index (χ0n) is 12.8. The molecule has 1 amide bonds. The molecule has 1 aromatic rings. The summed E-state index contributed by atoms with van der Waals surface area (Å²) in [6.07, 6.45) is 1.49. The van der Waals surface area contributed by atoms with Crippen molar-refractivity contribution >= 4 is 11.6 Å². The van der Waals surface area contributed by atoms with Crippen molar-refractivity contribution in [1.29, 1.82) is 0 Å². The number of hydrogen-bond donors (Lipinski definition) is 2. The molecule has 0 atom stereocenters. The Morgan fingerprint density at radius 1 is 1.26 bits per heavy atom. The molecule has 106 valence electrons. The van der Waals surface area contributed by atoms with Gasteiger partial charge in [-0.15, -0.1) is 0 Å². The number of hydrogen-bond acceptors (Lipinski definition) is 2. The van der Waals surface area contributed by atoms with Gasteiger partial charge in [-0.3, -0.25) is 4.79 Å². The van der Waals surface area contributed by atoms with Crippen molar-refractivity contribution in [3.05, 3.63) is 29.3 Å². The maximum Gasteiger partial charge on any atom is 0.222 e. The molecule has 0 saturated carbocycles. The monoisotopic (exact) mass is 262 g/mol. The highest BCUT2D eigenvalue weighted by Crippen LogP contribution is 2.20. The molecule has 0 bridgehead atoms. The van der Waals surface area contributed by atoms with Gasteiger partial charge in [0.1, 0.15) is 0 Å². The number of carbonyl (C=O) groups excluding carboxylic acids is 1. The zero-order chi connectivity index (χ0) is 14.5. The fourth-order valence-electron chi connectivity index (χ4n) is 2.06. The lowest BCUT2D eigenvalue weighted by Crippen LogP contribution is -2.41. The summed E-state index contributed by atoms with van der Waals surface area (Å²) in [6.45, 7) is 10.9. The Kier molecular flexibility index (Phi) is 5.40. The Morgan fingerprint density at radius 2 is 1.95 bits per heavy atom. The zero-order valence-corrected chi connectivity index (χ0v) is 12.8. The van der Waals surface area contributed by atoms with Gasteiger partial charge in [0.25, 0.3) is 0 Å². The van der Waals surface area contributed by atoms with Crippen molar-refractivity contribution < 1.29 is 4.79 Å². The molecule has 0 saturated heterocycles. The fourth-order valence-corrected chi connectivity index (χ4v) is 2.06. The van der Waals surface area contributed by atoms with E-state index in [2.05, 4.69) is 42.7 Å². The standard InChI is InChI=1S/C16H26N2O/c1-6-13-9-7-8-12(2)15(13)17-11-10-14(19)18-16(3,4)5/h7-9,17H,6,10-11H2,1-5H3,(H,18,19). The summed E-state index contributed by atoms with van der Waals surface area (Å²) >= 11 is 0. The van der Waals surface area contributed by atoms with Crippen LogP contribution in [0.5, 0.6) is 0 Å². The Morgan fingerprint density at radius 3 is 2.53 bits per heavy atom. The van der Waals surface area contributed by atoms with E-state index in [1.54, 1.807) is 0 Å². The lowest BCUT2D eigenvalue weighted by molar-refractivity contribution is -0.122. The van der Waals surface area contributed by atoms with E-state index in [9.17, 15) is 4.79 Å². The quantitative estimate of drug-likeness (QED) is 0.855. The topological polar surface area (TPSA) is 41.1 Å². The summed E-state index contributed by atoms with van der Waals surface area (Å²) in [7, 11) is 0. The summed E-state index contributed by atoms with van der Waals surface area (Å²) in [5.41, 5.74) is 3.55. The maximum atomic E-state index is 11.7. The third kappa shape index (κ3) is 5.33. The molecule has 0 fully saturated rings. The second-order valence-corrected chi connectivity index (χ2v) is 5.94. The smallest absolute Gasteiger partial charge is 0.222 e. The van der Waals surface area contributed by atoms with E-state index in [1.165, 1.54) is 16.8 Å². The van der Waals surface area contributed by atoms with Gasteiger partial charge in [-0.05, 0) is 45.2 Å². The van der Waals surface area contributed by atoms with E-state index in [0.29, 0.717) is 13.0 Å². The van der Waals surface area contributed by atoms with Crippen molar-refractivity contribution in [3.8, 4) is 0 Å². The predicted molar refractivity (Wildman–Crippen MR) is 81.6 cm³/mol. The molecule has 3 nitrogen and oxygen atoms in total. The highest BCUT2D eigenvalue weighted by atomic mass is 16.1. The van der Waals surface area contributed by atoms with Crippen molar-refractivity contribution in [1.82, 2.24) is 5.32 Å². The lowest BCUT2D eigenvalue weighted by atomic mass is 10.1. The lowest BCUT2D eigenvalue weighted by Gasteiger charge is -2.21. The molecule has 0 radical (unpaired) electrons. The Balaban J connectivity index is 2.52. The van der Waals surface area contributed by atoms with Gasteiger partial charge >= 0.3 is 0 Å². The fraction of sp³-hybridized carbons (Fsp3) is 0.562. The number of rotatable bonds is 5. The normalized spacial score (nSPS) is 11.2. The van der Waals surface area contributed by atoms with Crippen molar-refractivity contribution in [2.75, 3.05) is 11.9 Å². The van der Waals surface area contributed by atoms with Crippen LogP contribution in [0.2, 0.25) is 0 Å². The van der Waals surface area contributed by atoms with Gasteiger partial charge in [0, 0.05) is 24.2 Å². The first-order valence-electron chi connectivity index (χ1n) is 6.97. The van der Waals surface area contributed by atoms with E-state index >= 15 is 0 Å². The number of anilines is 1. The molecule has 0 aliphatic rings. The highest BCUT2D eigenvalue weighted by molar-refractivity contribution is 5.77. The molecule has 3 heteroatoms. The van der Waals surface area contributed by atoms with Gasteiger partial charge < -0.3 is 10.6 Å². The van der Waals surface area contributed by atoms with Gasteiger partial charge in [0.15, 0.2) is 0 Å². The van der Waals surface area contributed by atoms with E-state index in [-0.39, 0.29) is 11.4 Å². The molecule has 19 heavy (non-hydrogen) atoms. The maximum absolute atomic E-state index is 11.7. The van der Waals surface area contributed by atoms with Crippen LogP contribution in [-0.2, 0) is 11.2 Å².